The van der Waals surface area contributed by atoms with Crippen LogP contribution in [0.3, 0.4) is 0 Å². The van der Waals surface area contributed by atoms with Gasteiger partial charge in [-0.15, -0.1) is 0 Å². The van der Waals surface area contributed by atoms with Crippen molar-refractivity contribution in [3.63, 3.8) is 0 Å². The zero-order valence-corrected chi connectivity index (χ0v) is 13.5. The second-order valence-electron chi connectivity index (χ2n) is 4.39. The number of hydrogen-bond donors (Lipinski definition) is 0. The molecule has 0 fully saturated rings. The lowest BCUT2D eigenvalue weighted by Gasteiger charge is -2.06. The molecule has 0 rings (SSSR count). The van der Waals surface area contributed by atoms with Crippen molar-refractivity contribution in [3.8, 4) is 0 Å². The van der Waals surface area contributed by atoms with E-state index in [1.54, 1.807) is 0 Å². The molecule has 0 aliphatic heterocycles. The van der Waals surface area contributed by atoms with Crippen molar-refractivity contribution in [2.45, 2.75) is 25.7 Å². The van der Waals surface area contributed by atoms with Gasteiger partial charge in [0.05, 0.1) is 26.1 Å². The van der Waals surface area contributed by atoms with Gasteiger partial charge in [0.2, 0.25) is 0 Å². The van der Waals surface area contributed by atoms with E-state index < -0.39 is 23.9 Å². The first-order valence-electron chi connectivity index (χ1n) is 7.39. The Morgan fingerprint density at radius 2 is 1.00 bits per heavy atom. The van der Waals surface area contributed by atoms with Crippen LogP contribution >= 0.6 is 0 Å². The van der Waals surface area contributed by atoms with Crippen molar-refractivity contribution in [3.05, 3.63) is 25.3 Å². The van der Waals surface area contributed by atoms with Gasteiger partial charge in [-0.25, -0.2) is 9.59 Å². The zero-order chi connectivity index (χ0) is 18.2. The van der Waals surface area contributed by atoms with Gasteiger partial charge in [-0.2, -0.15) is 0 Å². The summed E-state index contributed by atoms with van der Waals surface area (Å²) in [7, 11) is 0. The van der Waals surface area contributed by atoms with Crippen molar-refractivity contribution in [2.24, 2.45) is 0 Å². The smallest absolute Gasteiger partial charge is 0.330 e. The summed E-state index contributed by atoms with van der Waals surface area (Å²) < 4.78 is 19.1. The highest BCUT2D eigenvalue weighted by molar-refractivity contribution is 5.81. The van der Waals surface area contributed by atoms with E-state index in [-0.39, 0.29) is 39.3 Å². The zero-order valence-electron chi connectivity index (χ0n) is 13.5. The van der Waals surface area contributed by atoms with E-state index in [4.69, 9.17) is 9.47 Å². The molecule has 0 aromatic heterocycles. The van der Waals surface area contributed by atoms with E-state index in [0.717, 1.165) is 12.2 Å². The fourth-order valence-corrected chi connectivity index (χ4v) is 1.31. The van der Waals surface area contributed by atoms with Gasteiger partial charge in [0, 0.05) is 12.2 Å². The minimum atomic E-state index is -0.594. The van der Waals surface area contributed by atoms with Crippen molar-refractivity contribution < 1.29 is 38.1 Å². The maximum atomic E-state index is 11.3. The number of unbranched alkanes of at least 4 members (excludes halogenated alkanes) is 1. The van der Waals surface area contributed by atoms with Gasteiger partial charge in [-0.05, 0) is 12.8 Å². The molecule has 8 nitrogen and oxygen atoms in total. The van der Waals surface area contributed by atoms with E-state index >= 15 is 0 Å². The Hall–Kier alpha value is -2.64. The molecule has 0 atom stereocenters. The maximum Gasteiger partial charge on any atom is 0.330 e. The number of carbonyl (C=O) groups is 4. The van der Waals surface area contributed by atoms with Gasteiger partial charge in [0.25, 0.3) is 0 Å². The van der Waals surface area contributed by atoms with E-state index in [9.17, 15) is 19.2 Å². The second kappa shape index (κ2) is 14.0. The Bertz CT molecular complexity index is 413. The Morgan fingerprint density at radius 1 is 0.625 bits per heavy atom. The maximum absolute atomic E-state index is 11.3. The van der Waals surface area contributed by atoms with Gasteiger partial charge in [-0.3, -0.25) is 9.59 Å². The van der Waals surface area contributed by atoms with Crippen LogP contribution < -0.4 is 0 Å². The topological polar surface area (TPSA) is 105 Å². The lowest BCUT2D eigenvalue weighted by Crippen LogP contribution is -2.13. The van der Waals surface area contributed by atoms with Crippen LogP contribution in [-0.2, 0) is 38.1 Å². The summed E-state index contributed by atoms with van der Waals surface area (Å²) in [5.41, 5.74) is 0. The van der Waals surface area contributed by atoms with Crippen molar-refractivity contribution in [1.82, 2.24) is 0 Å². The van der Waals surface area contributed by atoms with Crippen LogP contribution in [0, 0.1) is 0 Å². The van der Waals surface area contributed by atoms with Crippen LogP contribution in [0.15, 0.2) is 25.3 Å². The third kappa shape index (κ3) is 13.1. The van der Waals surface area contributed by atoms with Crippen LogP contribution in [0.1, 0.15) is 25.7 Å². The average Bonchev–Trinajstić information content (AvgIpc) is 2.57. The number of rotatable bonds is 13. The van der Waals surface area contributed by atoms with Crippen molar-refractivity contribution in [1.29, 1.82) is 0 Å². The Balaban J connectivity index is 3.46. The molecule has 0 aromatic rings. The van der Waals surface area contributed by atoms with Gasteiger partial charge in [0.1, 0.15) is 13.2 Å². The molecule has 0 amide bonds. The molecule has 0 saturated carbocycles. The summed E-state index contributed by atoms with van der Waals surface area (Å²) >= 11 is 0. The first kappa shape index (κ1) is 21.4. The third-order valence-electron chi connectivity index (χ3n) is 2.50. The number of hydrogen-bond acceptors (Lipinski definition) is 8. The Kier molecular flexibility index (Phi) is 12.4. The van der Waals surface area contributed by atoms with Crippen LogP contribution in [-0.4, -0.2) is 50.3 Å². The van der Waals surface area contributed by atoms with Crippen LogP contribution in [0.5, 0.6) is 0 Å². The molecule has 0 bridgehead atoms. The molecule has 0 aromatic carbocycles. The highest BCUT2D eigenvalue weighted by atomic mass is 16.6. The standard InChI is InChI=1S/C16H22O8/c1-3-13(17)23-11-7-15(19)21-9-5-6-10-22-16(20)8-12-24-14(18)4-2/h3-4H,1-2,5-12H2. The average molecular weight is 342 g/mol. The summed E-state index contributed by atoms with van der Waals surface area (Å²) in [5, 5.41) is 0. The molecule has 0 saturated heterocycles. The molecule has 0 radical (unpaired) electrons. The fraction of sp³-hybridized carbons (Fsp3) is 0.500. The summed E-state index contributed by atoms with van der Waals surface area (Å²) in [6.07, 6.45) is 3.01. The first-order valence-corrected chi connectivity index (χ1v) is 7.39. The van der Waals surface area contributed by atoms with Crippen molar-refractivity contribution >= 4 is 23.9 Å². The molecule has 0 aliphatic carbocycles. The predicted octanol–water partition coefficient (Wildman–Crippen LogP) is 1.09. The number of carbonyl (C=O) groups excluding carboxylic acids is 4. The molecule has 24 heavy (non-hydrogen) atoms. The number of esters is 4. The van der Waals surface area contributed by atoms with E-state index in [2.05, 4.69) is 22.6 Å². The molecule has 8 heteroatoms. The molecule has 134 valence electrons. The quantitative estimate of drug-likeness (QED) is 0.212. The molecular formula is C16H22O8. The lowest BCUT2D eigenvalue weighted by molar-refractivity contribution is -0.150. The molecule has 0 heterocycles. The largest absolute Gasteiger partial charge is 0.466 e. The lowest BCUT2D eigenvalue weighted by atomic mass is 10.3. The summed E-state index contributed by atoms with van der Waals surface area (Å²) in [5.74, 6) is -2.14. The van der Waals surface area contributed by atoms with Crippen LogP contribution in [0.25, 0.3) is 0 Å². The van der Waals surface area contributed by atoms with Gasteiger partial charge in [-0.1, -0.05) is 13.2 Å². The molecule has 0 aliphatic rings. The SMILES string of the molecule is C=CC(=O)OCCC(=O)OCCCCOC(=O)CCOC(=O)C=C. The van der Waals surface area contributed by atoms with Gasteiger partial charge < -0.3 is 18.9 Å². The monoisotopic (exact) mass is 342 g/mol. The Morgan fingerprint density at radius 3 is 1.33 bits per heavy atom. The highest BCUT2D eigenvalue weighted by Crippen LogP contribution is 1.97. The number of ether oxygens (including phenoxy) is 4. The van der Waals surface area contributed by atoms with E-state index in [1.807, 2.05) is 0 Å². The summed E-state index contributed by atoms with van der Waals surface area (Å²) in [4.78, 5) is 44.0. The first-order chi connectivity index (χ1) is 11.5. The molecular weight excluding hydrogens is 320 g/mol. The minimum absolute atomic E-state index is 0.0298. The summed E-state index contributed by atoms with van der Waals surface area (Å²) in [6.45, 7) is 6.70. The highest BCUT2D eigenvalue weighted by Gasteiger charge is 2.06. The minimum Gasteiger partial charge on any atom is -0.466 e. The van der Waals surface area contributed by atoms with Crippen LogP contribution in [0.4, 0.5) is 0 Å². The fourth-order valence-electron chi connectivity index (χ4n) is 1.31. The predicted molar refractivity (Wildman–Crippen MR) is 82.7 cm³/mol. The van der Waals surface area contributed by atoms with E-state index in [1.165, 1.54) is 0 Å². The van der Waals surface area contributed by atoms with Crippen molar-refractivity contribution in [2.75, 3.05) is 26.4 Å². The van der Waals surface area contributed by atoms with Gasteiger partial charge >= 0.3 is 23.9 Å². The van der Waals surface area contributed by atoms with Crippen LogP contribution in [0.2, 0.25) is 0 Å². The van der Waals surface area contributed by atoms with Gasteiger partial charge in [0.15, 0.2) is 0 Å². The van der Waals surface area contributed by atoms with E-state index in [0.29, 0.717) is 12.8 Å². The third-order valence-corrected chi connectivity index (χ3v) is 2.50. The molecule has 0 N–H and O–H groups in total. The Labute approximate surface area is 140 Å². The summed E-state index contributed by atoms with van der Waals surface area (Å²) in [6, 6.07) is 0. The molecule has 0 unspecified atom stereocenters. The second-order valence-corrected chi connectivity index (χ2v) is 4.39. The normalized spacial score (nSPS) is 9.50. The molecule has 0 spiro atoms.